The fourth-order valence-electron chi connectivity index (χ4n) is 2.57. The normalized spacial score (nSPS) is 12.5. The van der Waals surface area contributed by atoms with Gasteiger partial charge >= 0.3 is 0 Å². The number of hydrogen-bond donors (Lipinski definition) is 1. The molecule has 1 aromatic heterocycles. The monoisotopic (exact) mass is 293 g/mol. The molecule has 2 N–H and O–H groups in total. The summed E-state index contributed by atoms with van der Waals surface area (Å²) in [6.07, 6.45) is 0.664. The first-order valence-electron chi connectivity index (χ1n) is 6.52. The highest BCUT2D eigenvalue weighted by atomic mass is 35.5. The highest BCUT2D eigenvalue weighted by Crippen LogP contribution is 2.28. The molecule has 1 atom stereocenters. The van der Waals surface area contributed by atoms with Gasteiger partial charge < -0.3 is 10.5 Å². The maximum absolute atomic E-state index is 6.36. The smallest absolute Gasteiger partial charge is 0.122 e. The predicted molar refractivity (Wildman–Crippen MR) is 81.3 cm³/mol. The molecule has 5 heteroatoms. The summed E-state index contributed by atoms with van der Waals surface area (Å²) in [7, 11) is 3.58. The van der Waals surface area contributed by atoms with Gasteiger partial charge in [0.15, 0.2) is 0 Å². The van der Waals surface area contributed by atoms with E-state index in [1.54, 1.807) is 7.11 Å². The fourth-order valence-corrected chi connectivity index (χ4v) is 2.77. The molecule has 0 radical (unpaired) electrons. The van der Waals surface area contributed by atoms with Gasteiger partial charge in [0.1, 0.15) is 5.75 Å². The van der Waals surface area contributed by atoms with E-state index in [1.165, 1.54) is 0 Å². The van der Waals surface area contributed by atoms with Crippen molar-refractivity contribution in [3.8, 4) is 5.75 Å². The number of aryl methyl sites for hydroxylation is 2. The van der Waals surface area contributed by atoms with Gasteiger partial charge in [-0.1, -0.05) is 11.6 Å². The molecular formula is C15H20ClN3O. The summed E-state index contributed by atoms with van der Waals surface area (Å²) in [6.45, 7) is 4.02. The molecule has 20 heavy (non-hydrogen) atoms. The zero-order valence-electron chi connectivity index (χ0n) is 12.3. The van der Waals surface area contributed by atoms with E-state index < -0.39 is 0 Å². The quantitative estimate of drug-likeness (QED) is 0.943. The first-order valence-corrected chi connectivity index (χ1v) is 6.90. The fraction of sp³-hybridized carbons (Fsp3) is 0.400. The summed E-state index contributed by atoms with van der Waals surface area (Å²) in [5.74, 6) is 0.809. The molecule has 1 unspecified atom stereocenters. The Morgan fingerprint density at radius 2 is 2.10 bits per heavy atom. The molecule has 0 bridgehead atoms. The molecule has 0 saturated carbocycles. The number of nitrogens with two attached hydrogens (primary N) is 1. The average molecular weight is 294 g/mol. The number of rotatable bonds is 4. The van der Waals surface area contributed by atoms with Crippen LogP contribution in [0.2, 0.25) is 5.02 Å². The summed E-state index contributed by atoms with van der Waals surface area (Å²) >= 11 is 6.06. The number of halogens is 1. The maximum atomic E-state index is 6.36. The van der Waals surface area contributed by atoms with Crippen molar-refractivity contribution in [2.24, 2.45) is 12.8 Å². The summed E-state index contributed by atoms with van der Waals surface area (Å²) in [5, 5.41) is 5.10. The number of aromatic nitrogens is 2. The highest BCUT2D eigenvalue weighted by Gasteiger charge is 2.18. The molecule has 1 heterocycles. The Morgan fingerprint density at radius 1 is 1.40 bits per heavy atom. The van der Waals surface area contributed by atoms with Crippen molar-refractivity contribution in [2.75, 3.05) is 7.11 Å². The first kappa shape index (κ1) is 14.9. The Labute approximate surface area is 124 Å². The molecule has 0 amide bonds. The molecule has 0 fully saturated rings. The molecular weight excluding hydrogens is 274 g/mol. The van der Waals surface area contributed by atoms with E-state index in [1.807, 2.05) is 43.8 Å². The van der Waals surface area contributed by atoms with Crippen LogP contribution < -0.4 is 10.5 Å². The van der Waals surface area contributed by atoms with E-state index in [-0.39, 0.29) is 6.04 Å². The second-order valence-electron chi connectivity index (χ2n) is 4.97. The van der Waals surface area contributed by atoms with Crippen LogP contribution in [-0.4, -0.2) is 16.9 Å². The van der Waals surface area contributed by atoms with Crippen LogP contribution in [0.3, 0.4) is 0 Å². The van der Waals surface area contributed by atoms with Crippen LogP contribution in [0.15, 0.2) is 18.2 Å². The highest BCUT2D eigenvalue weighted by molar-refractivity contribution is 6.30. The third-order valence-corrected chi connectivity index (χ3v) is 3.85. The van der Waals surface area contributed by atoms with E-state index in [0.29, 0.717) is 11.4 Å². The Morgan fingerprint density at radius 3 is 2.65 bits per heavy atom. The molecule has 2 aromatic rings. The number of benzene rings is 1. The Kier molecular flexibility index (Phi) is 4.35. The van der Waals surface area contributed by atoms with Gasteiger partial charge in [-0.25, -0.2) is 0 Å². The molecule has 2 rings (SSSR count). The molecule has 0 aliphatic heterocycles. The lowest BCUT2D eigenvalue weighted by Gasteiger charge is -2.15. The van der Waals surface area contributed by atoms with Gasteiger partial charge in [-0.05, 0) is 44.0 Å². The molecule has 0 aliphatic rings. The number of nitrogens with zero attached hydrogens (tertiary/aromatic N) is 2. The second-order valence-corrected chi connectivity index (χ2v) is 5.41. The van der Waals surface area contributed by atoms with E-state index in [4.69, 9.17) is 22.1 Å². The van der Waals surface area contributed by atoms with Crippen molar-refractivity contribution in [1.29, 1.82) is 0 Å². The van der Waals surface area contributed by atoms with Crippen molar-refractivity contribution in [2.45, 2.75) is 26.3 Å². The van der Waals surface area contributed by atoms with Crippen LogP contribution in [0.4, 0.5) is 0 Å². The van der Waals surface area contributed by atoms with Gasteiger partial charge in [-0.3, -0.25) is 4.68 Å². The van der Waals surface area contributed by atoms with Crippen molar-refractivity contribution in [1.82, 2.24) is 9.78 Å². The van der Waals surface area contributed by atoms with Crippen LogP contribution in [0.1, 0.15) is 28.6 Å². The predicted octanol–water partition coefficient (Wildman–Crippen LogP) is 2.94. The summed E-state index contributed by atoms with van der Waals surface area (Å²) in [5.41, 5.74) is 10.5. The molecule has 0 spiro atoms. The van der Waals surface area contributed by atoms with Crippen molar-refractivity contribution in [3.05, 3.63) is 45.7 Å². The largest absolute Gasteiger partial charge is 0.496 e. The van der Waals surface area contributed by atoms with Crippen molar-refractivity contribution >= 4 is 11.6 Å². The van der Waals surface area contributed by atoms with Crippen LogP contribution in [-0.2, 0) is 13.5 Å². The third-order valence-electron chi connectivity index (χ3n) is 3.62. The van der Waals surface area contributed by atoms with Crippen LogP contribution in [0.25, 0.3) is 0 Å². The van der Waals surface area contributed by atoms with Crippen LogP contribution in [0.5, 0.6) is 5.75 Å². The SMILES string of the molecule is COc1ccc(Cl)cc1CC(N)c1c(C)nn(C)c1C. The van der Waals surface area contributed by atoms with Gasteiger partial charge in [-0.15, -0.1) is 0 Å². The average Bonchev–Trinajstić information content (AvgIpc) is 2.63. The van der Waals surface area contributed by atoms with E-state index in [9.17, 15) is 0 Å². The number of ether oxygens (including phenoxy) is 1. The zero-order chi connectivity index (χ0) is 14.9. The van der Waals surface area contributed by atoms with Gasteiger partial charge in [0.2, 0.25) is 0 Å². The number of methoxy groups -OCH3 is 1. The molecule has 1 aromatic carbocycles. The van der Waals surface area contributed by atoms with Gasteiger partial charge in [-0.2, -0.15) is 5.10 Å². The zero-order valence-corrected chi connectivity index (χ0v) is 13.0. The van der Waals surface area contributed by atoms with Crippen LogP contribution >= 0.6 is 11.6 Å². The van der Waals surface area contributed by atoms with Crippen molar-refractivity contribution < 1.29 is 4.74 Å². The molecule has 108 valence electrons. The Hall–Kier alpha value is -1.52. The third kappa shape index (κ3) is 2.81. The van der Waals surface area contributed by atoms with Gasteiger partial charge in [0.25, 0.3) is 0 Å². The minimum Gasteiger partial charge on any atom is -0.496 e. The summed E-state index contributed by atoms with van der Waals surface area (Å²) < 4.78 is 7.23. The van der Waals surface area contributed by atoms with Gasteiger partial charge in [0, 0.05) is 29.4 Å². The molecule has 4 nitrogen and oxygen atoms in total. The van der Waals surface area contributed by atoms with E-state index >= 15 is 0 Å². The first-order chi connectivity index (χ1) is 9.43. The van der Waals surface area contributed by atoms with Crippen LogP contribution in [0, 0.1) is 13.8 Å². The topological polar surface area (TPSA) is 53.1 Å². The standard InChI is InChI=1S/C15H20ClN3O/c1-9-15(10(2)19(3)18-9)13(17)8-11-7-12(16)5-6-14(11)20-4/h5-7,13H,8,17H2,1-4H3. The second kappa shape index (κ2) is 5.85. The summed E-state index contributed by atoms with van der Waals surface area (Å²) in [4.78, 5) is 0. The van der Waals surface area contributed by atoms with Crippen molar-refractivity contribution in [3.63, 3.8) is 0 Å². The maximum Gasteiger partial charge on any atom is 0.122 e. The molecule has 0 saturated heterocycles. The van der Waals surface area contributed by atoms with E-state index in [0.717, 1.165) is 28.3 Å². The minimum atomic E-state index is -0.129. The Bertz CT molecular complexity index is 622. The van der Waals surface area contributed by atoms with Gasteiger partial charge in [0.05, 0.1) is 12.8 Å². The lowest BCUT2D eigenvalue weighted by molar-refractivity contribution is 0.408. The Balaban J connectivity index is 2.32. The number of hydrogen-bond acceptors (Lipinski definition) is 3. The summed E-state index contributed by atoms with van der Waals surface area (Å²) in [6, 6.07) is 5.46. The van der Waals surface area contributed by atoms with E-state index in [2.05, 4.69) is 5.10 Å². The lowest BCUT2D eigenvalue weighted by Crippen LogP contribution is -2.15. The lowest BCUT2D eigenvalue weighted by atomic mass is 9.97. The minimum absolute atomic E-state index is 0.129. The molecule has 0 aliphatic carbocycles.